The van der Waals surface area contributed by atoms with Crippen LogP contribution in [0.25, 0.3) is 22.0 Å². The zero-order valence-corrected chi connectivity index (χ0v) is 11.9. The highest BCUT2D eigenvalue weighted by Crippen LogP contribution is 2.29. The van der Waals surface area contributed by atoms with Crippen molar-refractivity contribution in [2.45, 2.75) is 0 Å². The topological polar surface area (TPSA) is 84.9 Å². The number of nitrogens with one attached hydrogen (secondary N) is 1. The Morgan fingerprint density at radius 2 is 1.86 bits per heavy atom. The minimum Gasteiger partial charge on any atom is -0.389 e. The molecule has 0 aliphatic rings. The molecule has 0 saturated heterocycles. The van der Waals surface area contributed by atoms with Crippen molar-refractivity contribution in [2.75, 3.05) is 0 Å². The van der Waals surface area contributed by atoms with Crippen LogP contribution < -0.4 is 11.5 Å². The molecule has 0 unspecified atom stereocenters. The Balaban J connectivity index is 2.15. The number of primary amides is 1. The lowest BCUT2D eigenvalue weighted by Crippen LogP contribution is -2.10. The van der Waals surface area contributed by atoms with Gasteiger partial charge in [-0.3, -0.25) is 4.79 Å². The predicted molar refractivity (Wildman–Crippen MR) is 88.1 cm³/mol. The molecule has 5 N–H and O–H groups in total. The molecule has 1 heterocycles. The van der Waals surface area contributed by atoms with E-state index in [1.807, 2.05) is 36.5 Å². The van der Waals surface area contributed by atoms with Gasteiger partial charge in [0.1, 0.15) is 4.99 Å². The second-order valence-electron chi connectivity index (χ2n) is 4.77. The lowest BCUT2D eigenvalue weighted by Gasteiger charge is -2.03. The summed E-state index contributed by atoms with van der Waals surface area (Å²) >= 11 is 5.01. The van der Waals surface area contributed by atoms with Gasteiger partial charge in [-0.25, -0.2) is 0 Å². The molecule has 0 aliphatic heterocycles. The van der Waals surface area contributed by atoms with Gasteiger partial charge in [0.15, 0.2) is 0 Å². The van der Waals surface area contributed by atoms with Crippen molar-refractivity contribution in [1.82, 2.24) is 4.98 Å². The minimum atomic E-state index is -0.441. The molecule has 21 heavy (non-hydrogen) atoms. The number of aromatic amines is 1. The largest absolute Gasteiger partial charge is 0.389 e. The van der Waals surface area contributed by atoms with Gasteiger partial charge in [0.2, 0.25) is 5.91 Å². The van der Waals surface area contributed by atoms with E-state index in [4.69, 9.17) is 23.7 Å². The highest BCUT2D eigenvalue weighted by atomic mass is 32.1. The highest BCUT2D eigenvalue weighted by molar-refractivity contribution is 7.80. The normalized spacial score (nSPS) is 10.7. The van der Waals surface area contributed by atoms with Gasteiger partial charge in [0.25, 0.3) is 0 Å². The molecule has 0 aliphatic carbocycles. The van der Waals surface area contributed by atoms with E-state index in [0.29, 0.717) is 10.6 Å². The molecule has 5 heteroatoms. The molecule has 1 amide bonds. The Morgan fingerprint density at radius 1 is 1.05 bits per heavy atom. The third-order valence-corrected chi connectivity index (χ3v) is 3.66. The molecule has 3 rings (SSSR count). The van der Waals surface area contributed by atoms with Gasteiger partial charge < -0.3 is 16.5 Å². The van der Waals surface area contributed by atoms with Crippen molar-refractivity contribution in [3.8, 4) is 11.1 Å². The quantitative estimate of drug-likeness (QED) is 0.649. The molecular formula is C16H13N3OS. The maximum atomic E-state index is 11.2. The fourth-order valence-corrected chi connectivity index (χ4v) is 2.49. The number of nitrogens with two attached hydrogens (primary N) is 2. The van der Waals surface area contributed by atoms with Crippen LogP contribution in [-0.4, -0.2) is 15.9 Å². The number of carbonyl (C=O) groups excluding carboxylic acids is 1. The fraction of sp³-hybridized carbons (Fsp3) is 0. The van der Waals surface area contributed by atoms with Crippen LogP contribution in [0.1, 0.15) is 15.9 Å². The van der Waals surface area contributed by atoms with Crippen LogP contribution in [0.4, 0.5) is 0 Å². The second-order valence-corrected chi connectivity index (χ2v) is 5.21. The summed E-state index contributed by atoms with van der Waals surface area (Å²) in [7, 11) is 0. The Hall–Kier alpha value is -2.66. The third kappa shape index (κ3) is 2.39. The number of rotatable bonds is 3. The lowest BCUT2D eigenvalue weighted by molar-refractivity contribution is 0.100. The summed E-state index contributed by atoms with van der Waals surface area (Å²) in [6, 6.07) is 13.1. The van der Waals surface area contributed by atoms with Crippen LogP contribution in [0, 0.1) is 0 Å². The number of hydrogen-bond acceptors (Lipinski definition) is 2. The molecule has 0 radical (unpaired) electrons. The molecule has 0 saturated carbocycles. The zero-order valence-electron chi connectivity index (χ0n) is 11.1. The average Bonchev–Trinajstić information content (AvgIpc) is 2.90. The highest BCUT2D eigenvalue weighted by Gasteiger charge is 2.09. The van der Waals surface area contributed by atoms with Gasteiger partial charge in [-0.2, -0.15) is 0 Å². The molecule has 104 valence electrons. The zero-order chi connectivity index (χ0) is 15.0. The van der Waals surface area contributed by atoms with Crippen molar-refractivity contribution < 1.29 is 4.79 Å². The smallest absolute Gasteiger partial charge is 0.248 e. The van der Waals surface area contributed by atoms with Crippen LogP contribution in [0.2, 0.25) is 0 Å². The first-order chi connectivity index (χ1) is 10.1. The molecule has 0 fully saturated rings. The van der Waals surface area contributed by atoms with E-state index in [0.717, 1.165) is 27.6 Å². The summed E-state index contributed by atoms with van der Waals surface area (Å²) < 4.78 is 0. The Bertz CT molecular complexity index is 867. The van der Waals surface area contributed by atoms with E-state index in [1.165, 1.54) is 0 Å². The summed E-state index contributed by atoms with van der Waals surface area (Å²) in [6.45, 7) is 0. The van der Waals surface area contributed by atoms with E-state index >= 15 is 0 Å². The van der Waals surface area contributed by atoms with Crippen molar-refractivity contribution in [1.29, 1.82) is 0 Å². The molecular weight excluding hydrogens is 282 g/mol. The number of H-pyrrole nitrogens is 1. The maximum Gasteiger partial charge on any atom is 0.248 e. The van der Waals surface area contributed by atoms with E-state index < -0.39 is 5.91 Å². The van der Waals surface area contributed by atoms with Crippen molar-refractivity contribution in [3.05, 3.63) is 59.8 Å². The monoisotopic (exact) mass is 295 g/mol. The van der Waals surface area contributed by atoms with Crippen LogP contribution in [0.5, 0.6) is 0 Å². The van der Waals surface area contributed by atoms with Gasteiger partial charge in [-0.05, 0) is 23.8 Å². The van der Waals surface area contributed by atoms with Gasteiger partial charge in [0.05, 0.1) is 0 Å². The van der Waals surface area contributed by atoms with Crippen LogP contribution >= 0.6 is 12.2 Å². The molecule has 4 nitrogen and oxygen atoms in total. The molecule has 0 spiro atoms. The molecule has 0 atom stereocenters. The summed E-state index contributed by atoms with van der Waals surface area (Å²) in [6.07, 6.45) is 1.90. The van der Waals surface area contributed by atoms with E-state index in [1.54, 1.807) is 12.1 Å². The molecule has 0 bridgehead atoms. The summed E-state index contributed by atoms with van der Waals surface area (Å²) in [5.41, 5.74) is 15.2. The Labute approximate surface area is 126 Å². The van der Waals surface area contributed by atoms with E-state index in [-0.39, 0.29) is 0 Å². The van der Waals surface area contributed by atoms with Crippen molar-refractivity contribution in [2.24, 2.45) is 11.5 Å². The SMILES string of the molecule is NC(=O)c1ccc2c(-c3cccc(C(N)=S)c3)c[nH]c2c1. The number of hydrogen-bond donors (Lipinski definition) is 3. The van der Waals surface area contributed by atoms with Gasteiger partial charge >= 0.3 is 0 Å². The van der Waals surface area contributed by atoms with E-state index in [2.05, 4.69) is 4.98 Å². The number of aromatic nitrogens is 1. The lowest BCUT2D eigenvalue weighted by atomic mass is 10.0. The van der Waals surface area contributed by atoms with Crippen LogP contribution in [0.15, 0.2) is 48.7 Å². The van der Waals surface area contributed by atoms with Crippen LogP contribution in [0.3, 0.4) is 0 Å². The van der Waals surface area contributed by atoms with Crippen LogP contribution in [-0.2, 0) is 0 Å². The number of fused-ring (bicyclic) bond motifs is 1. The Morgan fingerprint density at radius 3 is 2.57 bits per heavy atom. The first kappa shape index (κ1) is 13.3. The summed E-state index contributed by atoms with van der Waals surface area (Å²) in [4.78, 5) is 14.7. The third-order valence-electron chi connectivity index (χ3n) is 3.42. The molecule has 1 aromatic heterocycles. The maximum absolute atomic E-state index is 11.2. The standard InChI is InChI=1S/C16H13N3OS/c17-15(20)10-4-5-12-13(8-19-14(12)7-10)9-2-1-3-11(6-9)16(18)21/h1-8,19H,(H2,17,20)(H2,18,21). The van der Waals surface area contributed by atoms with E-state index in [9.17, 15) is 4.79 Å². The summed E-state index contributed by atoms with van der Waals surface area (Å²) in [5.74, 6) is -0.441. The predicted octanol–water partition coefficient (Wildman–Crippen LogP) is 2.57. The van der Waals surface area contributed by atoms with Crippen molar-refractivity contribution >= 4 is 34.0 Å². The molecule has 3 aromatic rings. The van der Waals surface area contributed by atoms with Gasteiger partial charge in [-0.15, -0.1) is 0 Å². The average molecular weight is 295 g/mol. The van der Waals surface area contributed by atoms with Crippen molar-refractivity contribution in [3.63, 3.8) is 0 Å². The number of benzene rings is 2. The van der Waals surface area contributed by atoms with Gasteiger partial charge in [-0.1, -0.05) is 36.5 Å². The number of thiocarbonyl (C=S) groups is 1. The fourth-order valence-electron chi connectivity index (χ4n) is 2.36. The number of carbonyl (C=O) groups is 1. The first-order valence-electron chi connectivity index (χ1n) is 6.37. The molecule has 2 aromatic carbocycles. The minimum absolute atomic E-state index is 0.368. The Kier molecular flexibility index (Phi) is 3.19. The van der Waals surface area contributed by atoms with Gasteiger partial charge in [0, 0.05) is 33.8 Å². The summed E-state index contributed by atoms with van der Waals surface area (Å²) in [5, 5.41) is 1.01. The first-order valence-corrected chi connectivity index (χ1v) is 6.78. The number of amides is 1. The second kappa shape index (κ2) is 5.03.